The van der Waals surface area contributed by atoms with Gasteiger partial charge in [0.15, 0.2) is 0 Å². The number of fused-ring (bicyclic) bond motifs is 1. The maximum Gasteiger partial charge on any atom is 0.416 e. The van der Waals surface area contributed by atoms with Crippen molar-refractivity contribution in [3.63, 3.8) is 0 Å². The van der Waals surface area contributed by atoms with Crippen molar-refractivity contribution in [2.45, 2.75) is 6.18 Å². The molecule has 3 rings (SSSR count). The molecule has 1 aliphatic heterocycles. The third kappa shape index (κ3) is 2.58. The van der Waals surface area contributed by atoms with Gasteiger partial charge in [-0.15, -0.1) is 0 Å². The van der Waals surface area contributed by atoms with E-state index in [9.17, 15) is 23.2 Å². The van der Waals surface area contributed by atoms with Gasteiger partial charge in [-0.1, -0.05) is 23.2 Å². The van der Waals surface area contributed by atoms with Crippen LogP contribution in [0.4, 0.5) is 18.9 Å². The second-order valence-electron chi connectivity index (χ2n) is 4.83. The molecule has 0 N–H and O–H groups in total. The van der Waals surface area contributed by atoms with Crippen LogP contribution in [0.3, 0.4) is 0 Å². The Labute approximate surface area is 138 Å². The first kappa shape index (κ1) is 15.8. The first-order valence-corrected chi connectivity index (χ1v) is 7.01. The highest BCUT2D eigenvalue weighted by atomic mass is 35.5. The quantitative estimate of drug-likeness (QED) is 0.540. The molecule has 1 aliphatic rings. The molecular formula is C15H6Cl2F3NO2. The lowest BCUT2D eigenvalue weighted by atomic mass is 10.0. The van der Waals surface area contributed by atoms with E-state index in [1.54, 1.807) is 0 Å². The molecule has 0 atom stereocenters. The number of hydrogen-bond donors (Lipinski definition) is 0. The Bertz CT molecular complexity index is 876. The van der Waals surface area contributed by atoms with Crippen LogP contribution in [0.25, 0.3) is 0 Å². The number of rotatable bonds is 1. The van der Waals surface area contributed by atoms with Gasteiger partial charge in [0.25, 0.3) is 11.5 Å². The van der Waals surface area contributed by atoms with E-state index in [1.165, 1.54) is 18.2 Å². The Morgan fingerprint density at radius 3 is 2.30 bits per heavy atom. The minimum absolute atomic E-state index is 0.129. The molecule has 8 heteroatoms. The molecule has 0 aliphatic carbocycles. The first-order valence-electron chi connectivity index (χ1n) is 6.25. The normalized spacial score (nSPS) is 14.4. The van der Waals surface area contributed by atoms with Crippen LogP contribution in [-0.4, -0.2) is 16.2 Å². The van der Waals surface area contributed by atoms with Gasteiger partial charge in [0, 0.05) is 6.07 Å². The summed E-state index contributed by atoms with van der Waals surface area (Å²) in [5.74, 6) is -0.792. The molecule has 0 unspecified atom stereocenters. The molecular weight excluding hydrogens is 354 g/mol. The molecule has 0 bridgehead atoms. The fourth-order valence-corrected chi connectivity index (χ4v) is 2.60. The third-order valence-corrected chi connectivity index (χ3v) is 4.14. The Kier molecular flexibility index (Phi) is 3.61. The van der Waals surface area contributed by atoms with Crippen LogP contribution in [0, 0.1) is 5.21 Å². The van der Waals surface area contributed by atoms with Crippen molar-refractivity contribution in [3.05, 3.63) is 68.3 Å². The van der Waals surface area contributed by atoms with Crippen LogP contribution in [0.15, 0.2) is 36.4 Å². The number of ketones is 1. The number of nitrogens with zero attached hydrogens (tertiary/aromatic N) is 1. The van der Waals surface area contributed by atoms with Gasteiger partial charge in [0.2, 0.25) is 5.69 Å². The number of alkyl halides is 3. The van der Waals surface area contributed by atoms with Gasteiger partial charge in [0.1, 0.15) is 5.56 Å². The number of hydrogen-bond acceptors (Lipinski definition) is 2. The van der Waals surface area contributed by atoms with E-state index < -0.39 is 17.5 Å². The number of benzene rings is 2. The molecule has 0 saturated heterocycles. The van der Waals surface area contributed by atoms with E-state index in [0.717, 1.165) is 12.1 Å². The second kappa shape index (κ2) is 5.25. The van der Waals surface area contributed by atoms with Gasteiger partial charge in [-0.05, 0) is 30.3 Å². The molecule has 3 nitrogen and oxygen atoms in total. The summed E-state index contributed by atoms with van der Waals surface area (Å²) in [4.78, 5) is 12.4. The van der Waals surface area contributed by atoms with Crippen molar-refractivity contribution in [1.82, 2.24) is 0 Å². The second-order valence-corrected chi connectivity index (χ2v) is 5.65. The van der Waals surface area contributed by atoms with Crippen molar-refractivity contribution < 1.29 is 22.7 Å². The number of carbonyl (C=O) groups is 1. The average molecular weight is 360 g/mol. The maximum absolute atomic E-state index is 12.8. The molecule has 0 radical (unpaired) electrons. The summed E-state index contributed by atoms with van der Waals surface area (Å²) in [5, 5.41) is 12.6. The van der Waals surface area contributed by atoms with Gasteiger partial charge in [-0.3, -0.25) is 4.79 Å². The minimum atomic E-state index is -4.60. The summed E-state index contributed by atoms with van der Waals surface area (Å²) < 4.78 is 38.6. The van der Waals surface area contributed by atoms with Gasteiger partial charge in [-0.2, -0.15) is 17.9 Å². The van der Waals surface area contributed by atoms with Crippen LogP contribution in [0.5, 0.6) is 0 Å². The van der Waals surface area contributed by atoms with E-state index in [0.29, 0.717) is 10.8 Å². The van der Waals surface area contributed by atoms with Crippen LogP contribution in [0.1, 0.15) is 21.5 Å². The predicted molar refractivity (Wildman–Crippen MR) is 79.6 cm³/mol. The molecule has 0 fully saturated rings. The molecule has 1 heterocycles. The van der Waals surface area contributed by atoms with Gasteiger partial charge >= 0.3 is 6.18 Å². The highest BCUT2D eigenvalue weighted by Gasteiger charge is 2.40. The lowest BCUT2D eigenvalue weighted by Crippen LogP contribution is -2.16. The van der Waals surface area contributed by atoms with Crippen molar-refractivity contribution in [3.8, 4) is 0 Å². The smallest absolute Gasteiger partial charge is 0.416 e. The Hall–Kier alpha value is -2.05. The summed E-state index contributed by atoms with van der Waals surface area (Å²) >= 11 is 11.6. The van der Waals surface area contributed by atoms with E-state index >= 15 is 0 Å². The summed E-state index contributed by atoms with van der Waals surface area (Å²) in [7, 11) is 0. The minimum Gasteiger partial charge on any atom is -0.618 e. The fourth-order valence-electron chi connectivity index (χ4n) is 2.30. The first-order chi connectivity index (χ1) is 10.7. The molecule has 2 aromatic rings. The van der Waals surface area contributed by atoms with Crippen LogP contribution >= 0.6 is 23.2 Å². The fraction of sp³-hybridized carbons (Fsp3) is 0.0667. The number of Topliss-reactive ketones (excluding diaryl/α,β-unsaturated/α-hetero) is 1. The van der Waals surface area contributed by atoms with E-state index in [2.05, 4.69) is 0 Å². The van der Waals surface area contributed by atoms with E-state index in [4.69, 9.17) is 23.2 Å². The Balaban J connectivity index is 2.13. The zero-order chi connectivity index (χ0) is 16.9. The SMILES string of the molecule is O=C1C(c2ccc(Cl)c(Cl)c2)=[N+]([O-])c2ccc(C(F)(F)F)cc21. The average Bonchev–Trinajstić information content (AvgIpc) is 2.73. The van der Waals surface area contributed by atoms with Crippen LogP contribution < -0.4 is 0 Å². The summed E-state index contributed by atoms with van der Waals surface area (Å²) in [5.41, 5.74) is -1.53. The van der Waals surface area contributed by atoms with Crippen molar-refractivity contribution in [2.24, 2.45) is 0 Å². The molecule has 2 aromatic carbocycles. The highest BCUT2D eigenvalue weighted by molar-refractivity contribution is 6.52. The summed E-state index contributed by atoms with van der Waals surface area (Å²) in [6, 6.07) is 6.54. The molecule has 0 saturated carbocycles. The standard InChI is InChI=1S/C15H6Cl2F3NO2/c16-10-3-1-7(5-11(10)17)13-14(22)9-6-8(15(18,19)20)2-4-12(9)21(13)23/h1-6H. The largest absolute Gasteiger partial charge is 0.618 e. The van der Waals surface area contributed by atoms with Crippen LogP contribution in [-0.2, 0) is 6.18 Å². The van der Waals surface area contributed by atoms with Crippen molar-refractivity contribution >= 4 is 40.4 Å². The molecule has 0 amide bonds. The zero-order valence-electron chi connectivity index (χ0n) is 11.1. The highest BCUT2D eigenvalue weighted by Crippen LogP contribution is 2.36. The van der Waals surface area contributed by atoms with Gasteiger partial charge in [0.05, 0.1) is 21.2 Å². The van der Waals surface area contributed by atoms with Gasteiger partial charge < -0.3 is 5.21 Å². The molecule has 0 spiro atoms. The lowest BCUT2D eigenvalue weighted by molar-refractivity contribution is -0.355. The van der Waals surface area contributed by atoms with E-state index in [-0.39, 0.29) is 32.6 Å². The van der Waals surface area contributed by atoms with E-state index in [1.807, 2.05) is 0 Å². The predicted octanol–water partition coefficient (Wildman–Crippen LogP) is 4.84. The topological polar surface area (TPSA) is 43.1 Å². The summed E-state index contributed by atoms with van der Waals surface area (Å²) in [6.45, 7) is 0. The Morgan fingerprint density at radius 1 is 1.00 bits per heavy atom. The van der Waals surface area contributed by atoms with Crippen molar-refractivity contribution in [2.75, 3.05) is 0 Å². The lowest BCUT2D eigenvalue weighted by Gasteiger charge is -2.06. The zero-order valence-corrected chi connectivity index (χ0v) is 12.6. The monoisotopic (exact) mass is 359 g/mol. The van der Waals surface area contributed by atoms with Crippen molar-refractivity contribution in [1.29, 1.82) is 0 Å². The van der Waals surface area contributed by atoms with Gasteiger partial charge in [-0.25, -0.2) is 0 Å². The molecule has 0 aromatic heterocycles. The molecule has 23 heavy (non-hydrogen) atoms. The van der Waals surface area contributed by atoms with Crippen LogP contribution in [0.2, 0.25) is 10.0 Å². The number of halogens is 5. The Morgan fingerprint density at radius 2 is 1.70 bits per heavy atom. The summed E-state index contributed by atoms with van der Waals surface area (Å²) in [6.07, 6.45) is -4.60. The molecule has 118 valence electrons. The third-order valence-electron chi connectivity index (χ3n) is 3.40. The number of carbonyl (C=O) groups excluding carboxylic acids is 1. The maximum atomic E-state index is 12.8.